The van der Waals surface area contributed by atoms with Crippen LogP contribution in [0.2, 0.25) is 0 Å². The fourth-order valence-corrected chi connectivity index (χ4v) is 5.79. The van der Waals surface area contributed by atoms with E-state index in [0.717, 1.165) is 46.1 Å². The highest BCUT2D eigenvalue weighted by molar-refractivity contribution is 8.00. The lowest BCUT2D eigenvalue weighted by atomic mass is 10.1. The number of benzene rings is 2. The molecule has 2 aromatic carbocycles. The Bertz CT molecular complexity index is 1240. The molecule has 5 rings (SSSR count). The van der Waals surface area contributed by atoms with Gasteiger partial charge in [0.05, 0.1) is 6.61 Å². The Morgan fingerprint density at radius 3 is 2.47 bits per heavy atom. The van der Waals surface area contributed by atoms with Crippen LogP contribution in [0.5, 0.6) is 6.01 Å². The largest absolute Gasteiger partial charge is 0.461 e. The van der Waals surface area contributed by atoms with Crippen LogP contribution >= 0.6 is 11.8 Å². The summed E-state index contributed by atoms with van der Waals surface area (Å²) in [6, 6.07) is 18.1. The van der Waals surface area contributed by atoms with Crippen LogP contribution in [-0.4, -0.2) is 81.9 Å². The predicted molar refractivity (Wildman–Crippen MR) is 149 cm³/mol. The maximum Gasteiger partial charge on any atom is 0.321 e. The van der Waals surface area contributed by atoms with Crippen molar-refractivity contribution in [3.63, 3.8) is 0 Å². The Kier molecular flexibility index (Phi) is 8.31. The number of rotatable bonds is 8. The summed E-state index contributed by atoms with van der Waals surface area (Å²) in [5.41, 5.74) is 4.13. The van der Waals surface area contributed by atoms with Gasteiger partial charge in [0.1, 0.15) is 23.6 Å². The van der Waals surface area contributed by atoms with Gasteiger partial charge in [-0.3, -0.25) is 0 Å². The summed E-state index contributed by atoms with van der Waals surface area (Å²) in [5, 5.41) is 23.1. The molecule has 10 heteroatoms. The van der Waals surface area contributed by atoms with Gasteiger partial charge in [0.2, 0.25) is 0 Å². The number of ether oxygens (including phenoxy) is 1. The van der Waals surface area contributed by atoms with Crippen molar-refractivity contribution < 1.29 is 19.7 Å². The topological polar surface area (TPSA) is 111 Å². The molecular formula is C28H33N5O4S. The van der Waals surface area contributed by atoms with Gasteiger partial charge in [-0.05, 0) is 36.1 Å². The second-order valence-corrected chi connectivity index (χ2v) is 10.7. The first-order valence-corrected chi connectivity index (χ1v) is 13.9. The second-order valence-electron chi connectivity index (χ2n) is 9.46. The van der Waals surface area contributed by atoms with Gasteiger partial charge < -0.3 is 30.1 Å². The predicted octanol–water partition coefficient (Wildman–Crippen LogP) is 3.66. The van der Waals surface area contributed by atoms with Gasteiger partial charge in [-0.2, -0.15) is 9.97 Å². The molecule has 9 nitrogen and oxygen atoms in total. The number of urea groups is 1. The monoisotopic (exact) mass is 535 g/mol. The minimum atomic E-state index is -0.983. The van der Waals surface area contributed by atoms with Gasteiger partial charge in [-0.1, -0.05) is 49.4 Å². The molecule has 3 aromatic rings. The molecule has 3 heterocycles. The van der Waals surface area contributed by atoms with Crippen molar-refractivity contribution in [3.8, 4) is 17.1 Å². The number of aliphatic hydroxyl groups is 2. The van der Waals surface area contributed by atoms with Gasteiger partial charge in [0.15, 0.2) is 0 Å². The lowest BCUT2D eigenvalue weighted by Gasteiger charge is -2.36. The van der Waals surface area contributed by atoms with Crippen LogP contribution in [0.4, 0.5) is 16.3 Å². The Balaban J connectivity index is 1.22. The maximum atomic E-state index is 13.0. The first-order chi connectivity index (χ1) is 18.5. The van der Waals surface area contributed by atoms with E-state index in [4.69, 9.17) is 9.84 Å². The molecule has 0 aliphatic carbocycles. The van der Waals surface area contributed by atoms with Crippen LogP contribution in [0.15, 0.2) is 59.6 Å². The SMILES string of the molecule is CCC1Cc2c(nc(OC[C@H](O)CO)nc2N2CCN(C(=O)Nc3ccc(-c4ccccc4)cc3)CC2)S1. The third-order valence-electron chi connectivity index (χ3n) is 6.82. The Hall–Kier alpha value is -3.34. The normalized spacial score (nSPS) is 17.7. The van der Waals surface area contributed by atoms with Crippen LogP contribution in [0.1, 0.15) is 18.9 Å². The van der Waals surface area contributed by atoms with Crippen LogP contribution in [0.25, 0.3) is 11.1 Å². The van der Waals surface area contributed by atoms with Crippen molar-refractivity contribution in [2.75, 3.05) is 49.6 Å². The van der Waals surface area contributed by atoms with Crippen molar-refractivity contribution in [1.29, 1.82) is 0 Å². The number of nitrogens with zero attached hydrogens (tertiary/aromatic N) is 4. The molecule has 0 spiro atoms. The second kappa shape index (κ2) is 12.0. The fraction of sp³-hybridized carbons (Fsp3) is 0.393. The van der Waals surface area contributed by atoms with Crippen LogP contribution < -0.4 is 15.0 Å². The van der Waals surface area contributed by atoms with Gasteiger partial charge in [0.25, 0.3) is 0 Å². The highest BCUT2D eigenvalue weighted by atomic mass is 32.2. The Morgan fingerprint density at radius 1 is 1.08 bits per heavy atom. The molecule has 2 aliphatic rings. The van der Waals surface area contributed by atoms with Crippen molar-refractivity contribution in [2.24, 2.45) is 0 Å². The summed E-state index contributed by atoms with van der Waals surface area (Å²) >= 11 is 1.73. The molecule has 0 saturated carbocycles. The highest BCUT2D eigenvalue weighted by Crippen LogP contribution is 2.42. The highest BCUT2D eigenvalue weighted by Gasteiger charge is 2.31. The molecule has 0 radical (unpaired) electrons. The summed E-state index contributed by atoms with van der Waals surface area (Å²) in [6.45, 7) is 4.13. The van der Waals surface area contributed by atoms with Gasteiger partial charge >= 0.3 is 12.0 Å². The number of carbonyl (C=O) groups excluding carboxylic acids is 1. The average molecular weight is 536 g/mol. The first kappa shape index (κ1) is 26.3. The molecule has 3 N–H and O–H groups in total. The van der Waals surface area contributed by atoms with E-state index in [1.54, 1.807) is 11.8 Å². The Morgan fingerprint density at radius 2 is 1.79 bits per heavy atom. The molecule has 200 valence electrons. The minimum Gasteiger partial charge on any atom is -0.461 e. The van der Waals surface area contributed by atoms with E-state index in [0.29, 0.717) is 31.4 Å². The number of piperazine rings is 1. The molecule has 2 aliphatic heterocycles. The summed E-state index contributed by atoms with van der Waals surface area (Å²) < 4.78 is 5.60. The minimum absolute atomic E-state index is 0.0725. The number of hydrogen-bond acceptors (Lipinski definition) is 8. The van der Waals surface area contributed by atoms with E-state index in [2.05, 4.69) is 39.2 Å². The molecule has 1 unspecified atom stereocenters. The molecule has 2 atom stereocenters. The van der Waals surface area contributed by atoms with Crippen molar-refractivity contribution in [1.82, 2.24) is 14.9 Å². The van der Waals surface area contributed by atoms with Crippen molar-refractivity contribution in [2.45, 2.75) is 36.1 Å². The fourth-order valence-electron chi connectivity index (χ4n) is 4.61. The summed E-state index contributed by atoms with van der Waals surface area (Å²) in [7, 11) is 0. The average Bonchev–Trinajstić information content (AvgIpc) is 3.40. The number of carbonyl (C=O) groups is 1. The molecular weight excluding hydrogens is 502 g/mol. The van der Waals surface area contributed by atoms with Crippen molar-refractivity contribution >= 4 is 29.3 Å². The first-order valence-electron chi connectivity index (χ1n) is 13.0. The van der Waals surface area contributed by atoms with Crippen LogP contribution in [0, 0.1) is 0 Å². The number of fused-ring (bicyclic) bond motifs is 1. The van der Waals surface area contributed by atoms with E-state index >= 15 is 0 Å². The van der Waals surface area contributed by atoms with E-state index in [-0.39, 0.29) is 25.3 Å². The lowest BCUT2D eigenvalue weighted by molar-refractivity contribution is 0.0502. The van der Waals surface area contributed by atoms with Crippen LogP contribution in [-0.2, 0) is 6.42 Å². The summed E-state index contributed by atoms with van der Waals surface area (Å²) in [4.78, 5) is 26.2. The zero-order valence-corrected chi connectivity index (χ0v) is 22.2. The van der Waals surface area contributed by atoms with Crippen molar-refractivity contribution in [3.05, 3.63) is 60.2 Å². The number of aliphatic hydroxyl groups excluding tert-OH is 2. The van der Waals surface area contributed by atoms with Crippen LogP contribution in [0.3, 0.4) is 0 Å². The molecule has 38 heavy (non-hydrogen) atoms. The van der Waals surface area contributed by atoms with E-state index < -0.39 is 6.10 Å². The molecule has 1 fully saturated rings. The number of hydrogen-bond donors (Lipinski definition) is 3. The van der Waals surface area contributed by atoms with E-state index in [1.165, 1.54) is 0 Å². The standard InChI is InChI=1S/C28H33N5O4S/c1-2-23-16-24-25(30-27(31-26(24)38-23)37-18-22(35)17-34)32-12-14-33(15-13-32)28(36)29-21-10-8-20(9-11-21)19-6-4-3-5-7-19/h3-11,22-23,34-35H,2,12-18H2,1H3,(H,29,36)/t22-,23?/m1/s1. The number of nitrogens with one attached hydrogen (secondary N) is 1. The molecule has 1 saturated heterocycles. The zero-order chi connectivity index (χ0) is 26.5. The number of thioether (sulfide) groups is 1. The van der Waals surface area contributed by atoms with Gasteiger partial charge in [0, 0.05) is 42.7 Å². The summed E-state index contributed by atoms with van der Waals surface area (Å²) in [6.07, 6.45) is 0.938. The molecule has 1 aromatic heterocycles. The Labute approximate surface area is 226 Å². The molecule has 0 bridgehead atoms. The summed E-state index contributed by atoms with van der Waals surface area (Å²) in [5.74, 6) is 0.837. The molecule has 2 amide bonds. The third-order valence-corrected chi connectivity index (χ3v) is 8.21. The zero-order valence-electron chi connectivity index (χ0n) is 21.4. The number of anilines is 2. The third kappa shape index (κ3) is 6.03. The number of amides is 2. The van der Waals surface area contributed by atoms with E-state index in [1.807, 2.05) is 47.4 Å². The lowest BCUT2D eigenvalue weighted by Crippen LogP contribution is -2.50. The van der Waals surface area contributed by atoms with E-state index in [9.17, 15) is 9.90 Å². The van der Waals surface area contributed by atoms with Gasteiger partial charge in [-0.15, -0.1) is 11.8 Å². The maximum absolute atomic E-state index is 13.0. The van der Waals surface area contributed by atoms with Gasteiger partial charge in [-0.25, -0.2) is 4.79 Å². The quantitative estimate of drug-likeness (QED) is 0.375. The smallest absolute Gasteiger partial charge is 0.321 e. The number of aromatic nitrogens is 2.